The molecule has 1 aromatic heterocycles. The van der Waals surface area contributed by atoms with Crippen LogP contribution in [0, 0.1) is 0 Å². The van der Waals surface area contributed by atoms with Gasteiger partial charge in [-0.15, -0.1) is 0 Å². The van der Waals surface area contributed by atoms with Crippen molar-refractivity contribution in [1.82, 2.24) is 4.98 Å². The van der Waals surface area contributed by atoms with Gasteiger partial charge in [0.25, 0.3) is 0 Å². The Morgan fingerprint density at radius 2 is 1.54 bits per heavy atom. The predicted molar refractivity (Wildman–Crippen MR) is 101 cm³/mol. The van der Waals surface area contributed by atoms with Gasteiger partial charge in [-0.05, 0) is 35.1 Å². The van der Waals surface area contributed by atoms with E-state index in [0.29, 0.717) is 17.7 Å². The quantitative estimate of drug-likeness (QED) is 0.810. The molecule has 0 unspecified atom stereocenters. The van der Waals surface area contributed by atoms with Crippen LogP contribution in [0.4, 0.5) is 17.2 Å². The van der Waals surface area contributed by atoms with E-state index in [0.717, 1.165) is 17.6 Å². The Balaban J connectivity index is 2.34. The van der Waals surface area contributed by atoms with Crippen LogP contribution in [0.5, 0.6) is 0 Å². The SMILES string of the molecule is CC(C)c1cccc(C(C)C)c1Nc1ccc(NS(C)(=O)=O)nc1. The van der Waals surface area contributed by atoms with Gasteiger partial charge in [0.1, 0.15) is 5.82 Å². The van der Waals surface area contributed by atoms with Gasteiger partial charge in [0.15, 0.2) is 0 Å². The summed E-state index contributed by atoms with van der Waals surface area (Å²) in [5.41, 5.74) is 4.43. The first kappa shape index (κ1) is 18.3. The molecule has 2 aromatic rings. The minimum Gasteiger partial charge on any atom is -0.354 e. The Morgan fingerprint density at radius 1 is 0.958 bits per heavy atom. The largest absolute Gasteiger partial charge is 0.354 e. The van der Waals surface area contributed by atoms with Crippen molar-refractivity contribution in [2.75, 3.05) is 16.3 Å². The average molecular weight is 347 g/mol. The van der Waals surface area contributed by atoms with Gasteiger partial charge in [-0.1, -0.05) is 45.9 Å². The maximum atomic E-state index is 11.2. The summed E-state index contributed by atoms with van der Waals surface area (Å²) in [6, 6.07) is 9.82. The summed E-state index contributed by atoms with van der Waals surface area (Å²) in [7, 11) is -3.32. The van der Waals surface area contributed by atoms with Gasteiger partial charge < -0.3 is 5.32 Å². The third-order valence-electron chi connectivity index (χ3n) is 3.70. The second kappa shape index (κ2) is 7.21. The van der Waals surface area contributed by atoms with Gasteiger partial charge in [0, 0.05) is 5.69 Å². The Labute approximate surface area is 144 Å². The van der Waals surface area contributed by atoms with Gasteiger partial charge >= 0.3 is 0 Å². The fourth-order valence-corrected chi connectivity index (χ4v) is 3.06. The number of aromatic nitrogens is 1. The summed E-state index contributed by atoms with van der Waals surface area (Å²) < 4.78 is 24.9. The fourth-order valence-electron chi connectivity index (χ4n) is 2.56. The molecule has 0 saturated carbocycles. The lowest BCUT2D eigenvalue weighted by Gasteiger charge is -2.21. The third kappa shape index (κ3) is 4.71. The first-order chi connectivity index (χ1) is 11.2. The average Bonchev–Trinajstić information content (AvgIpc) is 2.47. The molecule has 0 saturated heterocycles. The lowest BCUT2D eigenvalue weighted by molar-refractivity contribution is 0.606. The number of hydrogen-bond acceptors (Lipinski definition) is 4. The molecule has 0 radical (unpaired) electrons. The van der Waals surface area contributed by atoms with E-state index in [1.54, 1.807) is 12.3 Å². The number of rotatable bonds is 6. The van der Waals surface area contributed by atoms with Gasteiger partial charge in [-0.3, -0.25) is 4.72 Å². The molecule has 5 nitrogen and oxygen atoms in total. The van der Waals surface area contributed by atoms with Gasteiger partial charge in [-0.25, -0.2) is 13.4 Å². The number of sulfonamides is 1. The van der Waals surface area contributed by atoms with Crippen LogP contribution in [0.2, 0.25) is 0 Å². The molecule has 0 fully saturated rings. The normalized spacial score (nSPS) is 11.8. The molecule has 24 heavy (non-hydrogen) atoms. The van der Waals surface area contributed by atoms with Gasteiger partial charge in [0.2, 0.25) is 10.0 Å². The highest BCUT2D eigenvalue weighted by Gasteiger charge is 2.14. The molecule has 0 amide bonds. The maximum Gasteiger partial charge on any atom is 0.230 e. The number of hydrogen-bond donors (Lipinski definition) is 2. The van der Waals surface area contributed by atoms with Crippen LogP contribution in [0.15, 0.2) is 36.5 Å². The van der Waals surface area contributed by atoms with Gasteiger partial charge in [0.05, 0.1) is 18.1 Å². The van der Waals surface area contributed by atoms with E-state index in [4.69, 9.17) is 0 Å². The monoisotopic (exact) mass is 347 g/mol. The number of para-hydroxylation sites is 1. The Kier molecular flexibility index (Phi) is 5.49. The molecule has 130 valence electrons. The second-order valence-electron chi connectivity index (χ2n) is 6.55. The van der Waals surface area contributed by atoms with E-state index in [-0.39, 0.29) is 0 Å². The molecule has 0 spiro atoms. The molecule has 1 heterocycles. The Bertz CT molecular complexity index is 771. The topological polar surface area (TPSA) is 71.1 Å². The molecular formula is C18H25N3O2S. The van der Waals surface area contributed by atoms with Crippen LogP contribution < -0.4 is 10.0 Å². The van der Waals surface area contributed by atoms with Crippen molar-refractivity contribution in [3.05, 3.63) is 47.7 Å². The first-order valence-electron chi connectivity index (χ1n) is 8.01. The molecule has 0 aliphatic rings. The molecule has 0 atom stereocenters. The van der Waals surface area contributed by atoms with Crippen LogP contribution in [0.3, 0.4) is 0 Å². The zero-order valence-corrected chi connectivity index (χ0v) is 15.6. The van der Waals surface area contributed by atoms with Crippen molar-refractivity contribution in [2.45, 2.75) is 39.5 Å². The molecule has 2 rings (SSSR count). The maximum absolute atomic E-state index is 11.2. The van der Waals surface area contributed by atoms with E-state index in [9.17, 15) is 8.42 Å². The third-order valence-corrected chi connectivity index (χ3v) is 4.28. The fraction of sp³-hybridized carbons (Fsp3) is 0.389. The van der Waals surface area contributed by atoms with Crippen LogP contribution in [0.1, 0.15) is 50.7 Å². The zero-order chi connectivity index (χ0) is 17.9. The minimum atomic E-state index is -3.32. The van der Waals surface area contributed by atoms with Crippen LogP contribution in [-0.2, 0) is 10.0 Å². The van der Waals surface area contributed by atoms with E-state index in [2.05, 4.69) is 60.9 Å². The van der Waals surface area contributed by atoms with Crippen molar-refractivity contribution in [2.24, 2.45) is 0 Å². The van der Waals surface area contributed by atoms with Crippen molar-refractivity contribution < 1.29 is 8.42 Å². The van der Waals surface area contributed by atoms with Crippen LogP contribution in [-0.4, -0.2) is 19.7 Å². The Morgan fingerprint density at radius 3 is 1.96 bits per heavy atom. The summed E-state index contributed by atoms with van der Waals surface area (Å²) in [5.74, 6) is 1.10. The number of anilines is 3. The standard InChI is InChI=1S/C18H25N3O2S/c1-12(2)15-7-6-8-16(13(3)4)18(15)20-14-9-10-17(19-11-14)21-24(5,22)23/h6-13,20H,1-5H3,(H,19,21). The smallest absolute Gasteiger partial charge is 0.230 e. The molecule has 0 bridgehead atoms. The summed E-state index contributed by atoms with van der Waals surface area (Å²) in [6.07, 6.45) is 2.74. The highest BCUT2D eigenvalue weighted by molar-refractivity contribution is 7.92. The predicted octanol–water partition coefficient (Wildman–Crippen LogP) is 4.44. The first-order valence-corrected chi connectivity index (χ1v) is 9.90. The van der Waals surface area contributed by atoms with Crippen LogP contribution in [0.25, 0.3) is 0 Å². The molecule has 0 aliphatic carbocycles. The number of nitrogens with zero attached hydrogens (tertiary/aromatic N) is 1. The van der Waals surface area contributed by atoms with Crippen LogP contribution >= 0.6 is 0 Å². The number of pyridine rings is 1. The lowest BCUT2D eigenvalue weighted by Crippen LogP contribution is -2.10. The molecule has 0 aliphatic heterocycles. The summed E-state index contributed by atoms with van der Waals surface area (Å²) in [4.78, 5) is 4.16. The number of nitrogens with one attached hydrogen (secondary N) is 2. The summed E-state index contributed by atoms with van der Waals surface area (Å²) in [5, 5.41) is 3.45. The minimum absolute atomic E-state index is 0.310. The van der Waals surface area contributed by atoms with E-state index in [1.807, 2.05) is 6.07 Å². The zero-order valence-electron chi connectivity index (χ0n) is 14.8. The van der Waals surface area contributed by atoms with Crippen molar-refractivity contribution in [3.8, 4) is 0 Å². The van der Waals surface area contributed by atoms with E-state index >= 15 is 0 Å². The van der Waals surface area contributed by atoms with Gasteiger partial charge in [-0.2, -0.15) is 0 Å². The highest BCUT2D eigenvalue weighted by atomic mass is 32.2. The molecular weight excluding hydrogens is 322 g/mol. The van der Waals surface area contributed by atoms with Crippen molar-refractivity contribution in [1.29, 1.82) is 0 Å². The molecule has 6 heteroatoms. The number of benzene rings is 1. The second-order valence-corrected chi connectivity index (χ2v) is 8.30. The Hall–Kier alpha value is -2.08. The summed E-state index contributed by atoms with van der Waals surface area (Å²) in [6.45, 7) is 8.67. The van der Waals surface area contributed by atoms with E-state index in [1.165, 1.54) is 11.1 Å². The lowest BCUT2D eigenvalue weighted by atomic mass is 9.92. The highest BCUT2D eigenvalue weighted by Crippen LogP contribution is 2.34. The molecule has 2 N–H and O–H groups in total. The van der Waals surface area contributed by atoms with E-state index < -0.39 is 10.0 Å². The van der Waals surface area contributed by atoms with Crippen molar-refractivity contribution >= 4 is 27.2 Å². The summed E-state index contributed by atoms with van der Waals surface area (Å²) >= 11 is 0. The molecule has 1 aromatic carbocycles. The van der Waals surface area contributed by atoms with Crippen molar-refractivity contribution in [3.63, 3.8) is 0 Å².